The van der Waals surface area contributed by atoms with Crippen molar-refractivity contribution in [2.75, 3.05) is 13.1 Å². The summed E-state index contributed by atoms with van der Waals surface area (Å²) in [5, 5.41) is 7.01. The number of halogens is 3. The molecule has 0 bridgehead atoms. The number of nitrogens with one attached hydrogen (secondary N) is 1. The Bertz CT molecular complexity index is 832. The van der Waals surface area contributed by atoms with Gasteiger partial charge in [0.25, 0.3) is 0 Å². The van der Waals surface area contributed by atoms with Crippen LogP contribution in [-0.2, 0) is 27.9 Å². The summed E-state index contributed by atoms with van der Waals surface area (Å²) in [7, 11) is -3.04. The van der Waals surface area contributed by atoms with Gasteiger partial charge in [-0.15, -0.1) is 0 Å². The highest BCUT2D eigenvalue weighted by atomic mass is 32.2. The first-order valence-electron chi connectivity index (χ1n) is 10.2. The fraction of sp³-hybridized carbons (Fsp3) is 0.737. The van der Waals surface area contributed by atoms with Gasteiger partial charge < -0.3 is 9.67 Å². The van der Waals surface area contributed by atoms with E-state index in [1.807, 2.05) is 0 Å². The van der Waals surface area contributed by atoms with Crippen molar-refractivity contribution in [3.05, 3.63) is 24.0 Å². The highest BCUT2D eigenvalue weighted by Gasteiger charge is 2.38. The van der Waals surface area contributed by atoms with E-state index in [2.05, 4.69) is 32.5 Å². The molecule has 4 rings (SSSR count). The molecular weight excluding hydrogens is 423 g/mol. The highest BCUT2D eigenvalue weighted by molar-refractivity contribution is 7.90. The van der Waals surface area contributed by atoms with Crippen molar-refractivity contribution in [3.8, 4) is 0 Å². The third-order valence-electron chi connectivity index (χ3n) is 5.89. The van der Waals surface area contributed by atoms with E-state index in [9.17, 15) is 21.6 Å². The zero-order valence-electron chi connectivity index (χ0n) is 16.6. The zero-order valence-corrected chi connectivity index (χ0v) is 17.5. The largest absolute Gasteiger partial charge is 0.490 e. The molecule has 0 spiro atoms. The average molecular weight is 452 g/mol. The van der Waals surface area contributed by atoms with Crippen LogP contribution in [0.2, 0.25) is 0 Å². The quantitative estimate of drug-likeness (QED) is 0.694. The van der Waals surface area contributed by atoms with Crippen molar-refractivity contribution in [2.24, 2.45) is 5.92 Å². The standard InChI is InChI=1S/C17H27N3O2S.C2HF3O2/c21-23(22,17-6-7-17)18-9-8-14-11-19-10-2-5-16(19)13-20(12-14)15-3-1-4-15;3-2(4,5)1(6)7/h2,5,10,14-15,17-18H,1,3-4,6-9,11-13H2;(H,6,7). The molecule has 2 aliphatic carbocycles. The van der Waals surface area contributed by atoms with Gasteiger partial charge in [0.1, 0.15) is 0 Å². The van der Waals surface area contributed by atoms with Gasteiger partial charge in [0, 0.05) is 44.1 Å². The lowest BCUT2D eigenvalue weighted by Gasteiger charge is -2.38. The number of rotatable bonds is 6. The number of carboxylic acid groups (broad SMARTS) is 1. The van der Waals surface area contributed by atoms with Gasteiger partial charge in [0.2, 0.25) is 10.0 Å². The van der Waals surface area contributed by atoms with Crippen LogP contribution in [0.1, 0.15) is 44.2 Å². The number of hydrogen-bond acceptors (Lipinski definition) is 4. The van der Waals surface area contributed by atoms with Gasteiger partial charge in [-0.2, -0.15) is 13.2 Å². The summed E-state index contributed by atoms with van der Waals surface area (Å²) in [5.41, 5.74) is 1.40. The van der Waals surface area contributed by atoms with Gasteiger partial charge in [-0.25, -0.2) is 17.9 Å². The monoisotopic (exact) mass is 451 g/mol. The van der Waals surface area contributed by atoms with E-state index in [4.69, 9.17) is 9.90 Å². The smallest absolute Gasteiger partial charge is 0.475 e. The summed E-state index contributed by atoms with van der Waals surface area (Å²) in [4.78, 5) is 11.5. The maximum absolute atomic E-state index is 12.0. The molecule has 0 amide bonds. The van der Waals surface area contributed by atoms with Crippen molar-refractivity contribution in [2.45, 2.75) is 69.1 Å². The molecule has 30 heavy (non-hydrogen) atoms. The van der Waals surface area contributed by atoms with Crippen molar-refractivity contribution >= 4 is 16.0 Å². The Morgan fingerprint density at radius 2 is 1.87 bits per heavy atom. The van der Waals surface area contributed by atoms with E-state index in [0.717, 1.165) is 44.9 Å². The fourth-order valence-corrected chi connectivity index (χ4v) is 5.22. The third kappa shape index (κ3) is 6.21. The number of nitrogens with zero attached hydrogens (tertiary/aromatic N) is 2. The SMILES string of the molecule is O=C(O)C(F)(F)F.O=S(=O)(NCCC1CN(C2CCC2)Cc2cccn2C1)C1CC1. The Morgan fingerprint density at radius 1 is 1.20 bits per heavy atom. The lowest BCUT2D eigenvalue weighted by Crippen LogP contribution is -2.42. The second kappa shape index (κ2) is 9.27. The minimum Gasteiger partial charge on any atom is -0.475 e. The topological polar surface area (TPSA) is 91.6 Å². The molecule has 3 aliphatic rings. The van der Waals surface area contributed by atoms with Gasteiger partial charge in [0.15, 0.2) is 0 Å². The Kier molecular flexibility index (Phi) is 7.13. The van der Waals surface area contributed by atoms with Crippen molar-refractivity contribution in [3.63, 3.8) is 0 Å². The molecule has 11 heteroatoms. The van der Waals surface area contributed by atoms with E-state index in [1.54, 1.807) is 0 Å². The molecule has 1 atom stereocenters. The number of carbonyl (C=O) groups is 1. The Labute approximate surface area is 174 Å². The second-order valence-electron chi connectivity index (χ2n) is 8.26. The van der Waals surface area contributed by atoms with E-state index in [-0.39, 0.29) is 5.25 Å². The third-order valence-corrected chi connectivity index (χ3v) is 7.84. The fourth-order valence-electron chi connectivity index (χ4n) is 3.83. The van der Waals surface area contributed by atoms with Gasteiger partial charge in [-0.1, -0.05) is 6.42 Å². The molecule has 2 saturated carbocycles. The Balaban J connectivity index is 0.000000318. The van der Waals surface area contributed by atoms with Crippen molar-refractivity contribution < 1.29 is 31.5 Å². The van der Waals surface area contributed by atoms with Gasteiger partial charge in [-0.3, -0.25) is 4.90 Å². The summed E-state index contributed by atoms with van der Waals surface area (Å²) in [6.07, 6.45) is 3.67. The van der Waals surface area contributed by atoms with Crippen LogP contribution < -0.4 is 4.72 Å². The molecular formula is C19H28F3N3O4S. The summed E-state index contributed by atoms with van der Waals surface area (Å²) >= 11 is 0. The minimum absolute atomic E-state index is 0.112. The molecule has 7 nitrogen and oxygen atoms in total. The number of hydrogen-bond donors (Lipinski definition) is 2. The number of aliphatic carboxylic acids is 1. The predicted octanol–water partition coefficient (Wildman–Crippen LogP) is 2.58. The van der Waals surface area contributed by atoms with Crippen LogP contribution in [0, 0.1) is 5.92 Å². The molecule has 1 aromatic rings. The van der Waals surface area contributed by atoms with Gasteiger partial charge >= 0.3 is 12.1 Å². The van der Waals surface area contributed by atoms with E-state index >= 15 is 0 Å². The van der Waals surface area contributed by atoms with Gasteiger partial charge in [-0.05, 0) is 50.2 Å². The summed E-state index contributed by atoms with van der Waals surface area (Å²) in [6.45, 7) is 3.73. The molecule has 2 heterocycles. The Morgan fingerprint density at radius 3 is 2.40 bits per heavy atom. The lowest BCUT2D eigenvalue weighted by molar-refractivity contribution is -0.192. The molecule has 170 valence electrons. The molecule has 2 N–H and O–H groups in total. The molecule has 2 fully saturated rings. The molecule has 1 aliphatic heterocycles. The maximum atomic E-state index is 12.0. The van der Waals surface area contributed by atoms with E-state index in [0.29, 0.717) is 12.5 Å². The van der Waals surface area contributed by atoms with Crippen molar-refractivity contribution in [1.82, 2.24) is 14.2 Å². The molecule has 0 saturated heterocycles. The summed E-state index contributed by atoms with van der Waals surface area (Å²) in [6, 6.07) is 5.10. The second-order valence-corrected chi connectivity index (χ2v) is 10.3. The minimum atomic E-state index is -5.08. The summed E-state index contributed by atoms with van der Waals surface area (Å²) < 4.78 is 60.8. The van der Waals surface area contributed by atoms with Crippen LogP contribution >= 0.6 is 0 Å². The first-order chi connectivity index (χ1) is 14.1. The first kappa shape index (κ1) is 23.1. The molecule has 0 radical (unpaired) electrons. The van der Waals surface area contributed by atoms with Crippen LogP contribution in [-0.4, -0.2) is 59.5 Å². The van der Waals surface area contributed by atoms with Crippen LogP contribution in [0.5, 0.6) is 0 Å². The zero-order chi connectivity index (χ0) is 21.9. The number of sulfonamides is 1. The summed E-state index contributed by atoms with van der Waals surface area (Å²) in [5.74, 6) is -2.24. The number of alkyl halides is 3. The molecule has 0 aromatic carbocycles. The maximum Gasteiger partial charge on any atom is 0.490 e. The van der Waals surface area contributed by atoms with Crippen LogP contribution in [0.3, 0.4) is 0 Å². The Hall–Kier alpha value is -1.59. The molecule has 1 aromatic heterocycles. The predicted molar refractivity (Wildman–Crippen MR) is 104 cm³/mol. The first-order valence-corrected chi connectivity index (χ1v) is 11.8. The highest BCUT2D eigenvalue weighted by Crippen LogP contribution is 2.30. The van der Waals surface area contributed by atoms with Crippen LogP contribution in [0.25, 0.3) is 0 Å². The number of carboxylic acids is 1. The van der Waals surface area contributed by atoms with Crippen LogP contribution in [0.4, 0.5) is 13.2 Å². The molecule has 1 unspecified atom stereocenters. The van der Waals surface area contributed by atoms with Gasteiger partial charge in [0.05, 0.1) is 5.25 Å². The van der Waals surface area contributed by atoms with Crippen LogP contribution in [0.15, 0.2) is 18.3 Å². The normalized spacial score (nSPS) is 23.0. The number of aromatic nitrogens is 1. The average Bonchev–Trinajstić information content (AvgIpc) is 3.38. The van der Waals surface area contributed by atoms with E-state index in [1.165, 1.54) is 25.0 Å². The lowest BCUT2D eigenvalue weighted by atomic mass is 9.90. The van der Waals surface area contributed by atoms with E-state index < -0.39 is 22.2 Å². The van der Waals surface area contributed by atoms with Crippen molar-refractivity contribution in [1.29, 1.82) is 0 Å². The number of fused-ring (bicyclic) bond motifs is 1.